The SMILES string of the molecule is CCCCCCCCCCCCCCCCOC(=O)c1ccccc1.[H-].[K+]. The van der Waals surface area contributed by atoms with E-state index in [1.165, 1.54) is 83.5 Å². The maximum Gasteiger partial charge on any atom is 1.00 e. The largest absolute Gasteiger partial charge is 1.00 e. The summed E-state index contributed by atoms with van der Waals surface area (Å²) >= 11 is 0. The molecule has 0 aliphatic rings. The number of hydrogen-bond acceptors (Lipinski definition) is 2. The third kappa shape index (κ3) is 15.4. The van der Waals surface area contributed by atoms with Gasteiger partial charge >= 0.3 is 57.4 Å². The molecular weight excluding hydrogens is 347 g/mol. The fourth-order valence-electron chi connectivity index (χ4n) is 3.12. The Bertz CT molecular complexity index is 426. The van der Waals surface area contributed by atoms with Gasteiger partial charge in [0.1, 0.15) is 0 Å². The number of esters is 1. The molecule has 144 valence electrons. The van der Waals surface area contributed by atoms with Gasteiger partial charge in [-0.15, -0.1) is 0 Å². The third-order valence-electron chi connectivity index (χ3n) is 4.74. The van der Waals surface area contributed by atoms with Crippen LogP contribution in [0.4, 0.5) is 0 Å². The zero-order valence-electron chi connectivity index (χ0n) is 18.3. The van der Waals surface area contributed by atoms with E-state index in [0.717, 1.165) is 6.42 Å². The Labute approximate surface area is 205 Å². The number of ether oxygens (including phenoxy) is 1. The van der Waals surface area contributed by atoms with Crippen LogP contribution in [-0.2, 0) is 4.74 Å². The molecule has 1 rings (SSSR count). The zero-order chi connectivity index (χ0) is 18.0. The van der Waals surface area contributed by atoms with Gasteiger partial charge in [-0.2, -0.15) is 0 Å². The molecule has 0 unspecified atom stereocenters. The van der Waals surface area contributed by atoms with Gasteiger partial charge in [-0.1, -0.05) is 109 Å². The number of hydrogen-bond donors (Lipinski definition) is 0. The molecule has 0 saturated heterocycles. The smallest absolute Gasteiger partial charge is 1.00 e. The molecule has 0 radical (unpaired) electrons. The van der Waals surface area contributed by atoms with E-state index in [1.807, 2.05) is 18.2 Å². The van der Waals surface area contributed by atoms with E-state index in [9.17, 15) is 4.79 Å². The first kappa shape index (κ1) is 26.3. The van der Waals surface area contributed by atoms with Crippen molar-refractivity contribution in [2.75, 3.05) is 6.61 Å². The van der Waals surface area contributed by atoms with Crippen LogP contribution < -0.4 is 51.4 Å². The average Bonchev–Trinajstić information content (AvgIpc) is 2.65. The Hall–Kier alpha value is 0.326. The summed E-state index contributed by atoms with van der Waals surface area (Å²) in [7, 11) is 0. The maximum absolute atomic E-state index is 11.8. The van der Waals surface area contributed by atoms with E-state index in [1.54, 1.807) is 12.1 Å². The van der Waals surface area contributed by atoms with Crippen LogP contribution in [0.15, 0.2) is 30.3 Å². The van der Waals surface area contributed by atoms with Crippen LogP contribution in [0, 0.1) is 0 Å². The first-order chi connectivity index (χ1) is 12.3. The van der Waals surface area contributed by atoms with E-state index < -0.39 is 0 Å². The molecule has 0 fully saturated rings. The van der Waals surface area contributed by atoms with Gasteiger partial charge < -0.3 is 6.16 Å². The second-order valence-corrected chi connectivity index (χ2v) is 7.10. The summed E-state index contributed by atoms with van der Waals surface area (Å²) in [5.41, 5.74) is 0.646. The Morgan fingerprint density at radius 3 is 1.62 bits per heavy atom. The standard InChI is InChI=1S/C23H38O2.K.H/c1-2-3-4-5-6-7-8-9-10-11-12-13-14-18-21-25-23(24)22-19-16-15-17-20-22;;/h15-17,19-20H,2-14,18,21H2,1H3;;/q;+1;-1. The van der Waals surface area contributed by atoms with Crippen LogP contribution in [0.2, 0.25) is 0 Å². The molecule has 0 N–H and O–H groups in total. The third-order valence-corrected chi connectivity index (χ3v) is 4.74. The molecule has 0 spiro atoms. The maximum atomic E-state index is 11.8. The van der Waals surface area contributed by atoms with Crippen molar-refractivity contribution in [1.82, 2.24) is 0 Å². The van der Waals surface area contributed by atoms with Gasteiger partial charge in [0.2, 0.25) is 0 Å². The number of unbranched alkanes of at least 4 members (excludes halogenated alkanes) is 13. The summed E-state index contributed by atoms with van der Waals surface area (Å²) in [4.78, 5) is 11.8. The number of rotatable bonds is 16. The zero-order valence-corrected chi connectivity index (χ0v) is 20.4. The molecule has 2 nitrogen and oxygen atoms in total. The Morgan fingerprint density at radius 2 is 1.15 bits per heavy atom. The fraction of sp³-hybridized carbons (Fsp3) is 0.696. The van der Waals surface area contributed by atoms with Crippen molar-refractivity contribution in [1.29, 1.82) is 0 Å². The van der Waals surface area contributed by atoms with Crippen molar-refractivity contribution >= 4 is 5.97 Å². The number of carbonyl (C=O) groups is 1. The van der Waals surface area contributed by atoms with Crippen molar-refractivity contribution in [2.24, 2.45) is 0 Å². The normalized spacial score (nSPS) is 10.3. The Balaban J connectivity index is 0. The van der Waals surface area contributed by atoms with Crippen LogP contribution in [0.3, 0.4) is 0 Å². The van der Waals surface area contributed by atoms with Crippen molar-refractivity contribution in [3.8, 4) is 0 Å². The molecule has 0 amide bonds. The van der Waals surface area contributed by atoms with E-state index in [4.69, 9.17) is 4.74 Å². The molecule has 1 aromatic rings. The molecule has 0 saturated carbocycles. The van der Waals surface area contributed by atoms with Crippen molar-refractivity contribution in [3.63, 3.8) is 0 Å². The van der Waals surface area contributed by atoms with Crippen molar-refractivity contribution < 1.29 is 62.3 Å². The predicted molar refractivity (Wildman–Crippen MR) is 108 cm³/mol. The van der Waals surface area contributed by atoms with Gasteiger partial charge in [0.05, 0.1) is 12.2 Å². The summed E-state index contributed by atoms with van der Waals surface area (Å²) < 4.78 is 5.30. The van der Waals surface area contributed by atoms with E-state index in [2.05, 4.69) is 6.92 Å². The van der Waals surface area contributed by atoms with Crippen LogP contribution in [0.1, 0.15) is 109 Å². The van der Waals surface area contributed by atoms with Crippen LogP contribution in [0.25, 0.3) is 0 Å². The first-order valence-corrected chi connectivity index (χ1v) is 10.6. The Kier molecular flexibility index (Phi) is 20.3. The summed E-state index contributed by atoms with van der Waals surface area (Å²) in [6.45, 7) is 2.82. The van der Waals surface area contributed by atoms with E-state index >= 15 is 0 Å². The minimum Gasteiger partial charge on any atom is -1.00 e. The van der Waals surface area contributed by atoms with Crippen LogP contribution in [0.5, 0.6) is 0 Å². The minimum absolute atomic E-state index is 0. The molecule has 0 heterocycles. The van der Waals surface area contributed by atoms with Gasteiger partial charge in [-0.05, 0) is 18.6 Å². The van der Waals surface area contributed by atoms with Gasteiger partial charge in [0, 0.05) is 0 Å². The van der Waals surface area contributed by atoms with Gasteiger partial charge in [0.15, 0.2) is 0 Å². The summed E-state index contributed by atoms with van der Waals surface area (Å²) in [6, 6.07) is 9.23. The molecule has 0 aliphatic heterocycles. The van der Waals surface area contributed by atoms with E-state index in [0.29, 0.717) is 12.2 Å². The monoisotopic (exact) mass is 386 g/mol. The number of benzene rings is 1. The number of carbonyl (C=O) groups excluding carboxylic acids is 1. The van der Waals surface area contributed by atoms with Gasteiger partial charge in [-0.3, -0.25) is 0 Å². The predicted octanol–water partition coefficient (Wildman–Crippen LogP) is 4.44. The fourth-order valence-corrected chi connectivity index (χ4v) is 3.12. The van der Waals surface area contributed by atoms with Crippen molar-refractivity contribution in [2.45, 2.75) is 96.8 Å². The van der Waals surface area contributed by atoms with Crippen LogP contribution in [-0.4, -0.2) is 12.6 Å². The molecule has 0 atom stereocenters. The second kappa shape index (κ2) is 20.1. The summed E-state index contributed by atoms with van der Waals surface area (Å²) in [5.74, 6) is -0.199. The topological polar surface area (TPSA) is 26.3 Å². The van der Waals surface area contributed by atoms with Gasteiger partial charge in [0.25, 0.3) is 0 Å². The molecule has 0 bridgehead atoms. The van der Waals surface area contributed by atoms with Crippen LogP contribution >= 0.6 is 0 Å². The molecule has 3 heteroatoms. The molecule has 26 heavy (non-hydrogen) atoms. The molecule has 1 aromatic carbocycles. The minimum atomic E-state index is -0.199. The quantitative estimate of drug-likeness (QED) is 0.238. The van der Waals surface area contributed by atoms with Gasteiger partial charge in [-0.25, -0.2) is 4.79 Å². The van der Waals surface area contributed by atoms with Crippen molar-refractivity contribution in [3.05, 3.63) is 35.9 Å². The summed E-state index contributed by atoms with van der Waals surface area (Å²) in [6.07, 6.45) is 18.8. The Morgan fingerprint density at radius 1 is 0.731 bits per heavy atom. The summed E-state index contributed by atoms with van der Waals surface area (Å²) in [5, 5.41) is 0. The average molecular weight is 387 g/mol. The molecular formula is C23H39KO2. The first-order valence-electron chi connectivity index (χ1n) is 10.6. The molecule has 0 aromatic heterocycles. The van der Waals surface area contributed by atoms with E-state index in [-0.39, 0.29) is 58.8 Å². The molecule has 0 aliphatic carbocycles. The second-order valence-electron chi connectivity index (χ2n) is 7.10.